The Morgan fingerprint density at radius 1 is 1.25 bits per heavy atom. The first kappa shape index (κ1) is 18.9. The zero-order valence-corrected chi connectivity index (χ0v) is 16.2. The smallest absolute Gasteiger partial charge is 0.303 e. The van der Waals surface area contributed by atoms with Crippen LogP contribution in [0.1, 0.15) is 63.0 Å². The van der Waals surface area contributed by atoms with Crippen molar-refractivity contribution >= 4 is 23.5 Å². The van der Waals surface area contributed by atoms with Gasteiger partial charge in [0.2, 0.25) is 11.8 Å². The third kappa shape index (κ3) is 2.97. The van der Waals surface area contributed by atoms with E-state index in [4.69, 9.17) is 5.11 Å². The fraction of sp³-hybridized carbons (Fsp3) is 0.571. The Hall–Kier alpha value is -2.44. The highest BCUT2D eigenvalue weighted by Crippen LogP contribution is 2.49. The second kappa shape index (κ2) is 6.57. The molecule has 6 nitrogen and oxygen atoms in total. The Kier molecular flexibility index (Phi) is 4.43. The number of anilines is 1. The van der Waals surface area contributed by atoms with Gasteiger partial charge in [-0.05, 0) is 62.6 Å². The summed E-state index contributed by atoms with van der Waals surface area (Å²) in [7, 11) is 0. The number of carboxylic acid groups (broad SMARTS) is 1. The normalized spacial score (nSPS) is 23.5. The third-order valence-corrected chi connectivity index (χ3v) is 6.20. The number of carboxylic acids is 1. The summed E-state index contributed by atoms with van der Waals surface area (Å²) in [5.41, 5.74) is 0.964. The summed E-state index contributed by atoms with van der Waals surface area (Å²) in [6.45, 7) is 4.36. The highest BCUT2D eigenvalue weighted by molar-refractivity contribution is 6.11. The van der Waals surface area contributed by atoms with Crippen molar-refractivity contribution in [3.8, 4) is 0 Å². The van der Waals surface area contributed by atoms with E-state index in [1.165, 1.54) is 11.0 Å². The summed E-state index contributed by atoms with van der Waals surface area (Å²) in [5.74, 6) is -1.44. The van der Waals surface area contributed by atoms with E-state index < -0.39 is 23.2 Å². The molecule has 0 spiro atoms. The molecule has 2 heterocycles. The molecule has 1 atom stereocenters. The fourth-order valence-electron chi connectivity index (χ4n) is 4.41. The number of halogens is 1. The zero-order valence-electron chi connectivity index (χ0n) is 16.2. The predicted molar refractivity (Wildman–Crippen MR) is 101 cm³/mol. The van der Waals surface area contributed by atoms with E-state index in [2.05, 4.69) is 0 Å². The largest absolute Gasteiger partial charge is 0.481 e. The number of amides is 2. The number of aliphatic carboxylic acids is 1. The second-order valence-electron chi connectivity index (χ2n) is 8.60. The van der Waals surface area contributed by atoms with Crippen LogP contribution in [-0.4, -0.2) is 46.9 Å². The summed E-state index contributed by atoms with van der Waals surface area (Å²) in [5, 5.41) is 8.78. The van der Waals surface area contributed by atoms with Gasteiger partial charge in [-0.3, -0.25) is 19.3 Å². The Balaban J connectivity index is 1.62. The summed E-state index contributed by atoms with van der Waals surface area (Å²) >= 11 is 0. The van der Waals surface area contributed by atoms with Crippen molar-refractivity contribution < 1.29 is 23.9 Å². The standard InChI is InChI=1S/C21H25FN2O4/c1-21(2)14-10-13(12-5-6-12)11-15(22)18(14)24(20(21)28)16-7-9-23(19(16)27)8-3-4-17(25)26/h10-12,16H,3-9H2,1-2H3,(H,25,26)/t16-/m0/s1. The number of rotatable bonds is 6. The zero-order chi connectivity index (χ0) is 20.2. The van der Waals surface area contributed by atoms with Gasteiger partial charge in [0.25, 0.3) is 0 Å². The van der Waals surface area contributed by atoms with Crippen LogP contribution in [0.2, 0.25) is 0 Å². The maximum absolute atomic E-state index is 15.1. The highest BCUT2D eigenvalue weighted by atomic mass is 19.1. The maximum Gasteiger partial charge on any atom is 0.303 e. The Bertz CT molecular complexity index is 862. The minimum Gasteiger partial charge on any atom is -0.481 e. The summed E-state index contributed by atoms with van der Waals surface area (Å²) < 4.78 is 15.1. The maximum atomic E-state index is 15.1. The van der Waals surface area contributed by atoms with Crippen molar-refractivity contribution in [3.05, 3.63) is 29.1 Å². The predicted octanol–water partition coefficient (Wildman–Crippen LogP) is 2.79. The molecular weight excluding hydrogens is 363 g/mol. The van der Waals surface area contributed by atoms with Crippen LogP contribution < -0.4 is 4.90 Å². The van der Waals surface area contributed by atoms with E-state index in [9.17, 15) is 14.4 Å². The number of benzene rings is 1. The molecule has 1 aliphatic carbocycles. The van der Waals surface area contributed by atoms with Crippen LogP contribution in [0.5, 0.6) is 0 Å². The van der Waals surface area contributed by atoms with Crippen LogP contribution in [0.25, 0.3) is 0 Å². The van der Waals surface area contributed by atoms with E-state index >= 15 is 4.39 Å². The van der Waals surface area contributed by atoms with Gasteiger partial charge in [-0.15, -0.1) is 0 Å². The number of likely N-dealkylation sites (tertiary alicyclic amines) is 1. The van der Waals surface area contributed by atoms with Gasteiger partial charge in [-0.2, -0.15) is 0 Å². The molecule has 4 rings (SSSR count). The van der Waals surface area contributed by atoms with Crippen LogP contribution in [0.4, 0.5) is 10.1 Å². The van der Waals surface area contributed by atoms with Crippen molar-refractivity contribution in [3.63, 3.8) is 0 Å². The van der Waals surface area contributed by atoms with Crippen molar-refractivity contribution in [1.29, 1.82) is 0 Å². The van der Waals surface area contributed by atoms with Gasteiger partial charge in [0.05, 0.1) is 11.1 Å². The molecule has 2 aliphatic heterocycles. The van der Waals surface area contributed by atoms with Crippen LogP contribution in [0, 0.1) is 5.82 Å². The fourth-order valence-corrected chi connectivity index (χ4v) is 4.41. The lowest BCUT2D eigenvalue weighted by Gasteiger charge is -2.26. The molecule has 0 aromatic heterocycles. The Labute approximate surface area is 163 Å². The topological polar surface area (TPSA) is 77.9 Å². The summed E-state index contributed by atoms with van der Waals surface area (Å²) in [4.78, 5) is 39.7. The molecule has 0 unspecified atom stereocenters. The third-order valence-electron chi connectivity index (χ3n) is 6.20. The number of hydrogen-bond donors (Lipinski definition) is 1. The van der Waals surface area contributed by atoms with Crippen LogP contribution in [0.15, 0.2) is 12.1 Å². The average molecular weight is 388 g/mol. The molecule has 2 fully saturated rings. The Morgan fingerprint density at radius 3 is 2.61 bits per heavy atom. The van der Waals surface area contributed by atoms with Gasteiger partial charge in [0.1, 0.15) is 11.9 Å². The number of fused-ring (bicyclic) bond motifs is 1. The molecule has 0 bridgehead atoms. The SMILES string of the molecule is CC1(C)C(=O)N([C@H]2CCN(CCCC(=O)O)C2=O)c2c(F)cc(C3CC3)cc21. The molecular formula is C21H25FN2O4. The van der Waals surface area contributed by atoms with Gasteiger partial charge in [-0.1, -0.05) is 6.07 Å². The number of carbonyl (C=O) groups is 3. The van der Waals surface area contributed by atoms with E-state index in [1.807, 2.05) is 6.07 Å². The molecule has 28 heavy (non-hydrogen) atoms. The van der Waals surface area contributed by atoms with E-state index in [0.717, 1.165) is 18.4 Å². The van der Waals surface area contributed by atoms with Gasteiger partial charge < -0.3 is 10.0 Å². The van der Waals surface area contributed by atoms with E-state index in [1.54, 1.807) is 18.7 Å². The van der Waals surface area contributed by atoms with Crippen molar-refractivity contribution in [1.82, 2.24) is 4.90 Å². The van der Waals surface area contributed by atoms with Crippen LogP contribution >= 0.6 is 0 Å². The average Bonchev–Trinajstić information content (AvgIpc) is 3.38. The van der Waals surface area contributed by atoms with Gasteiger partial charge >= 0.3 is 5.97 Å². The van der Waals surface area contributed by atoms with Crippen LogP contribution in [-0.2, 0) is 19.8 Å². The van der Waals surface area contributed by atoms with Gasteiger partial charge in [0, 0.05) is 19.5 Å². The van der Waals surface area contributed by atoms with E-state index in [0.29, 0.717) is 37.4 Å². The molecule has 1 saturated heterocycles. The molecule has 1 N–H and O–H groups in total. The number of nitrogens with zero attached hydrogens (tertiary/aromatic N) is 2. The second-order valence-corrected chi connectivity index (χ2v) is 8.60. The Morgan fingerprint density at radius 2 is 1.96 bits per heavy atom. The molecule has 7 heteroatoms. The first-order chi connectivity index (χ1) is 13.2. The lowest BCUT2D eigenvalue weighted by atomic mass is 9.85. The monoisotopic (exact) mass is 388 g/mol. The molecule has 1 saturated carbocycles. The quantitative estimate of drug-likeness (QED) is 0.813. The first-order valence-electron chi connectivity index (χ1n) is 9.90. The van der Waals surface area contributed by atoms with Crippen molar-refractivity contribution in [2.45, 2.75) is 63.3 Å². The molecule has 2 amide bonds. The first-order valence-corrected chi connectivity index (χ1v) is 9.90. The highest BCUT2D eigenvalue weighted by Gasteiger charge is 2.51. The summed E-state index contributed by atoms with van der Waals surface area (Å²) in [6, 6.07) is 2.74. The molecule has 1 aromatic carbocycles. The summed E-state index contributed by atoms with van der Waals surface area (Å²) in [6.07, 6.45) is 2.87. The van der Waals surface area contributed by atoms with Gasteiger partial charge in [-0.25, -0.2) is 4.39 Å². The number of carbonyl (C=O) groups excluding carboxylic acids is 2. The molecule has 150 valence electrons. The molecule has 3 aliphatic rings. The lowest BCUT2D eigenvalue weighted by molar-refractivity contribution is -0.137. The molecule has 0 radical (unpaired) electrons. The number of hydrogen-bond acceptors (Lipinski definition) is 3. The van der Waals surface area contributed by atoms with Crippen molar-refractivity contribution in [2.75, 3.05) is 18.0 Å². The van der Waals surface area contributed by atoms with Gasteiger partial charge in [0.15, 0.2) is 0 Å². The molecule has 1 aromatic rings. The van der Waals surface area contributed by atoms with Crippen LogP contribution in [0.3, 0.4) is 0 Å². The minimum absolute atomic E-state index is 0.00841. The van der Waals surface area contributed by atoms with Crippen molar-refractivity contribution in [2.24, 2.45) is 0 Å². The lowest BCUT2D eigenvalue weighted by Crippen LogP contribution is -2.47. The minimum atomic E-state index is -0.901. The van der Waals surface area contributed by atoms with E-state index in [-0.39, 0.29) is 23.9 Å².